The molecule has 88 valence electrons. The van der Waals surface area contributed by atoms with Crippen molar-refractivity contribution in [3.05, 3.63) is 23.7 Å². The van der Waals surface area contributed by atoms with Crippen molar-refractivity contribution in [2.45, 2.75) is 26.3 Å². The first-order chi connectivity index (χ1) is 7.59. The monoisotopic (exact) mass is 222 g/mol. The smallest absolute Gasteiger partial charge is 0.257 e. The van der Waals surface area contributed by atoms with E-state index in [-0.39, 0.29) is 11.9 Å². The van der Waals surface area contributed by atoms with E-state index in [9.17, 15) is 4.79 Å². The van der Waals surface area contributed by atoms with Crippen LogP contribution in [0.15, 0.2) is 16.7 Å². The van der Waals surface area contributed by atoms with Gasteiger partial charge in [-0.2, -0.15) is 0 Å². The molecule has 0 saturated carbocycles. The lowest BCUT2D eigenvalue weighted by molar-refractivity contribution is 0.0662. The molecule has 2 heterocycles. The summed E-state index contributed by atoms with van der Waals surface area (Å²) in [6.45, 7) is 5.39. The van der Waals surface area contributed by atoms with Gasteiger partial charge in [0.1, 0.15) is 5.76 Å². The summed E-state index contributed by atoms with van der Waals surface area (Å²) in [7, 11) is 0. The van der Waals surface area contributed by atoms with Gasteiger partial charge in [0.05, 0.1) is 11.8 Å². The normalized spacial score (nSPS) is 25.8. The second-order valence-corrected chi connectivity index (χ2v) is 4.57. The molecule has 1 fully saturated rings. The summed E-state index contributed by atoms with van der Waals surface area (Å²) in [5.41, 5.74) is 6.60. The highest BCUT2D eigenvalue weighted by Gasteiger charge is 2.27. The van der Waals surface area contributed by atoms with Crippen LogP contribution in [0.2, 0.25) is 0 Å². The standard InChI is InChI=1S/C12H18N2O2/c1-8-7-14(5-3-11(8)13)12(15)10-4-6-16-9(10)2/h4,6,8,11H,3,5,7,13H2,1-2H3. The average Bonchev–Trinajstić information content (AvgIpc) is 2.67. The number of rotatable bonds is 1. The summed E-state index contributed by atoms with van der Waals surface area (Å²) in [5, 5.41) is 0. The fraction of sp³-hybridized carbons (Fsp3) is 0.583. The molecule has 4 heteroatoms. The lowest BCUT2D eigenvalue weighted by atomic mass is 9.94. The number of carbonyl (C=O) groups is 1. The van der Waals surface area contributed by atoms with Crippen molar-refractivity contribution in [3.8, 4) is 0 Å². The van der Waals surface area contributed by atoms with Gasteiger partial charge in [0, 0.05) is 19.1 Å². The van der Waals surface area contributed by atoms with Crippen molar-refractivity contribution in [3.63, 3.8) is 0 Å². The number of nitrogens with zero attached hydrogens (tertiary/aromatic N) is 1. The first-order valence-corrected chi connectivity index (χ1v) is 5.68. The first-order valence-electron chi connectivity index (χ1n) is 5.68. The third-order valence-corrected chi connectivity index (χ3v) is 3.35. The second kappa shape index (κ2) is 4.29. The molecule has 0 radical (unpaired) electrons. The number of hydrogen-bond acceptors (Lipinski definition) is 3. The quantitative estimate of drug-likeness (QED) is 0.781. The van der Waals surface area contributed by atoms with Crippen molar-refractivity contribution >= 4 is 5.91 Å². The molecule has 1 aromatic heterocycles. The molecular formula is C12H18N2O2. The summed E-state index contributed by atoms with van der Waals surface area (Å²) in [6, 6.07) is 1.95. The van der Waals surface area contributed by atoms with E-state index in [1.54, 1.807) is 12.3 Å². The Morgan fingerprint density at radius 2 is 2.38 bits per heavy atom. The Labute approximate surface area is 95.4 Å². The Morgan fingerprint density at radius 3 is 2.94 bits per heavy atom. The van der Waals surface area contributed by atoms with Crippen molar-refractivity contribution < 1.29 is 9.21 Å². The average molecular weight is 222 g/mol. The van der Waals surface area contributed by atoms with Gasteiger partial charge in [-0.15, -0.1) is 0 Å². The number of hydrogen-bond donors (Lipinski definition) is 1. The van der Waals surface area contributed by atoms with Gasteiger partial charge in [-0.25, -0.2) is 0 Å². The molecule has 4 nitrogen and oxygen atoms in total. The van der Waals surface area contributed by atoms with Crippen LogP contribution in [0.25, 0.3) is 0 Å². The van der Waals surface area contributed by atoms with Gasteiger partial charge in [0.25, 0.3) is 5.91 Å². The lowest BCUT2D eigenvalue weighted by Crippen LogP contribution is -2.48. The van der Waals surface area contributed by atoms with Gasteiger partial charge >= 0.3 is 0 Å². The van der Waals surface area contributed by atoms with Crippen LogP contribution in [0, 0.1) is 12.8 Å². The molecule has 1 saturated heterocycles. The minimum absolute atomic E-state index is 0.0602. The highest BCUT2D eigenvalue weighted by atomic mass is 16.3. The molecule has 1 aliphatic heterocycles. The molecule has 1 amide bonds. The van der Waals surface area contributed by atoms with Crippen LogP contribution in [0.3, 0.4) is 0 Å². The minimum atomic E-state index is 0.0602. The minimum Gasteiger partial charge on any atom is -0.469 e. The number of piperidine rings is 1. The molecule has 16 heavy (non-hydrogen) atoms. The molecule has 0 aliphatic carbocycles. The van der Waals surface area contributed by atoms with Crippen LogP contribution in [0.5, 0.6) is 0 Å². The third kappa shape index (κ3) is 1.97. The van der Waals surface area contributed by atoms with E-state index in [2.05, 4.69) is 6.92 Å². The summed E-state index contributed by atoms with van der Waals surface area (Å²) < 4.78 is 5.15. The molecule has 1 aliphatic rings. The fourth-order valence-corrected chi connectivity index (χ4v) is 2.13. The fourth-order valence-electron chi connectivity index (χ4n) is 2.13. The molecule has 2 unspecified atom stereocenters. The summed E-state index contributed by atoms with van der Waals surface area (Å²) in [6.07, 6.45) is 2.44. The van der Waals surface area contributed by atoms with Crippen LogP contribution in [0.1, 0.15) is 29.5 Å². The Kier molecular flexibility index (Phi) is 3.01. The molecule has 2 rings (SSSR count). The van der Waals surface area contributed by atoms with E-state index >= 15 is 0 Å². The topological polar surface area (TPSA) is 59.5 Å². The van der Waals surface area contributed by atoms with E-state index in [1.807, 2.05) is 11.8 Å². The highest BCUT2D eigenvalue weighted by Crippen LogP contribution is 2.19. The molecule has 2 atom stereocenters. The summed E-state index contributed by atoms with van der Waals surface area (Å²) >= 11 is 0. The predicted octanol–water partition coefficient (Wildman–Crippen LogP) is 1.40. The van der Waals surface area contributed by atoms with Crippen molar-refractivity contribution in [1.29, 1.82) is 0 Å². The van der Waals surface area contributed by atoms with Crippen molar-refractivity contribution in [2.24, 2.45) is 11.7 Å². The van der Waals surface area contributed by atoms with E-state index in [0.717, 1.165) is 19.5 Å². The van der Waals surface area contributed by atoms with Gasteiger partial charge in [-0.3, -0.25) is 4.79 Å². The number of aryl methyl sites for hydroxylation is 1. The van der Waals surface area contributed by atoms with E-state index in [1.165, 1.54) is 0 Å². The van der Waals surface area contributed by atoms with Crippen LogP contribution < -0.4 is 5.73 Å². The maximum absolute atomic E-state index is 12.2. The number of furan rings is 1. The van der Waals surface area contributed by atoms with Gasteiger partial charge in [0.2, 0.25) is 0 Å². The maximum atomic E-state index is 12.2. The van der Waals surface area contributed by atoms with Crippen LogP contribution in [-0.4, -0.2) is 29.9 Å². The van der Waals surface area contributed by atoms with Crippen molar-refractivity contribution in [2.75, 3.05) is 13.1 Å². The first kappa shape index (κ1) is 11.2. The van der Waals surface area contributed by atoms with E-state index in [0.29, 0.717) is 17.2 Å². The second-order valence-electron chi connectivity index (χ2n) is 4.57. The summed E-state index contributed by atoms with van der Waals surface area (Å²) in [4.78, 5) is 14.0. The SMILES string of the molecule is Cc1occc1C(=O)N1CCC(N)C(C)C1. The summed E-state index contributed by atoms with van der Waals surface area (Å²) in [5.74, 6) is 1.11. The zero-order chi connectivity index (χ0) is 11.7. The third-order valence-electron chi connectivity index (χ3n) is 3.35. The van der Waals surface area contributed by atoms with Crippen LogP contribution >= 0.6 is 0 Å². The lowest BCUT2D eigenvalue weighted by Gasteiger charge is -2.35. The van der Waals surface area contributed by atoms with Crippen LogP contribution in [-0.2, 0) is 0 Å². The van der Waals surface area contributed by atoms with Crippen molar-refractivity contribution in [1.82, 2.24) is 4.90 Å². The largest absolute Gasteiger partial charge is 0.469 e. The Balaban J connectivity index is 2.09. The Hall–Kier alpha value is -1.29. The zero-order valence-corrected chi connectivity index (χ0v) is 9.77. The molecule has 2 N–H and O–H groups in total. The Morgan fingerprint density at radius 1 is 1.62 bits per heavy atom. The number of nitrogens with two attached hydrogens (primary N) is 1. The number of amides is 1. The number of likely N-dealkylation sites (tertiary alicyclic amines) is 1. The molecule has 1 aromatic rings. The Bertz CT molecular complexity index is 386. The maximum Gasteiger partial charge on any atom is 0.257 e. The van der Waals surface area contributed by atoms with Crippen LogP contribution in [0.4, 0.5) is 0 Å². The molecule has 0 spiro atoms. The van der Waals surface area contributed by atoms with Gasteiger partial charge in [-0.1, -0.05) is 6.92 Å². The van der Waals surface area contributed by atoms with E-state index in [4.69, 9.17) is 10.2 Å². The van der Waals surface area contributed by atoms with Gasteiger partial charge < -0.3 is 15.1 Å². The van der Waals surface area contributed by atoms with E-state index < -0.39 is 0 Å². The van der Waals surface area contributed by atoms with Gasteiger partial charge in [0.15, 0.2) is 0 Å². The number of carbonyl (C=O) groups excluding carboxylic acids is 1. The predicted molar refractivity (Wildman–Crippen MR) is 61.1 cm³/mol. The molecular weight excluding hydrogens is 204 g/mol. The van der Waals surface area contributed by atoms with Gasteiger partial charge in [-0.05, 0) is 25.3 Å². The zero-order valence-electron chi connectivity index (χ0n) is 9.77. The molecule has 0 bridgehead atoms. The highest BCUT2D eigenvalue weighted by molar-refractivity contribution is 5.95. The molecule has 0 aromatic carbocycles.